The number of benzene rings is 3. The Morgan fingerprint density at radius 2 is 1.55 bits per heavy atom. The summed E-state index contributed by atoms with van der Waals surface area (Å²) < 4.78 is 60.0. The van der Waals surface area contributed by atoms with Crippen LogP contribution in [0.4, 0.5) is 17.6 Å². The molecule has 3 aromatic rings. The van der Waals surface area contributed by atoms with Gasteiger partial charge in [0, 0.05) is 5.92 Å². The summed E-state index contributed by atoms with van der Waals surface area (Å²) in [7, 11) is 0. The third-order valence-corrected chi connectivity index (χ3v) is 6.67. The minimum atomic E-state index is -1.31. The van der Waals surface area contributed by atoms with Crippen LogP contribution in [-0.2, 0) is 9.53 Å². The van der Waals surface area contributed by atoms with Gasteiger partial charge in [-0.15, -0.1) is 0 Å². The van der Waals surface area contributed by atoms with Gasteiger partial charge in [0.15, 0.2) is 6.61 Å². The van der Waals surface area contributed by atoms with Gasteiger partial charge in [-0.1, -0.05) is 30.3 Å². The Balaban J connectivity index is 1.44. The van der Waals surface area contributed by atoms with Gasteiger partial charge < -0.3 is 4.74 Å². The molecule has 38 heavy (non-hydrogen) atoms. The fraction of sp³-hybridized carbons (Fsp3) is 0.207. The average Bonchev–Trinajstić information content (AvgIpc) is 3.30. The fourth-order valence-electron chi connectivity index (χ4n) is 4.92. The molecule has 0 N–H and O–H groups in total. The van der Waals surface area contributed by atoms with Crippen molar-refractivity contribution in [3.63, 3.8) is 0 Å². The summed E-state index contributed by atoms with van der Waals surface area (Å²) in [6, 6.07) is 14.0. The number of hydrazone groups is 1. The lowest BCUT2D eigenvalue weighted by atomic mass is 9.77. The van der Waals surface area contributed by atoms with Crippen LogP contribution in [0, 0.1) is 29.2 Å². The van der Waals surface area contributed by atoms with Crippen LogP contribution in [0.25, 0.3) is 6.08 Å². The Bertz CT molecular complexity index is 1410. The van der Waals surface area contributed by atoms with Crippen LogP contribution in [0.2, 0.25) is 0 Å². The second kappa shape index (κ2) is 10.6. The van der Waals surface area contributed by atoms with Crippen LogP contribution in [0.5, 0.6) is 0 Å². The Morgan fingerprint density at radius 3 is 2.21 bits per heavy atom. The lowest BCUT2D eigenvalue weighted by molar-refractivity contribution is -0.137. The van der Waals surface area contributed by atoms with Crippen LogP contribution in [0.3, 0.4) is 0 Å². The topological polar surface area (TPSA) is 59.0 Å². The Labute approximate surface area is 216 Å². The van der Waals surface area contributed by atoms with Crippen molar-refractivity contribution in [3.8, 4) is 0 Å². The number of carbonyl (C=O) groups is 2. The summed E-state index contributed by atoms with van der Waals surface area (Å²) in [6.07, 6.45) is 4.08. The molecule has 194 valence electrons. The predicted molar refractivity (Wildman–Crippen MR) is 132 cm³/mol. The molecule has 0 radical (unpaired) electrons. The number of hydrogen-bond acceptors (Lipinski definition) is 4. The van der Waals surface area contributed by atoms with Crippen molar-refractivity contribution in [2.45, 2.75) is 25.3 Å². The maximum atomic E-state index is 14.0. The summed E-state index contributed by atoms with van der Waals surface area (Å²) in [5.74, 6) is -5.23. The number of hydrogen-bond donors (Lipinski definition) is 0. The third-order valence-electron chi connectivity index (χ3n) is 6.67. The van der Waals surface area contributed by atoms with Crippen molar-refractivity contribution in [2.75, 3.05) is 6.61 Å². The largest absolute Gasteiger partial charge is 0.452 e. The summed E-state index contributed by atoms with van der Waals surface area (Å²) in [5.41, 5.74) is 2.06. The monoisotopic (exact) mass is 522 g/mol. The Hall–Kier alpha value is -4.27. The van der Waals surface area contributed by atoms with Gasteiger partial charge in [-0.3, -0.25) is 4.79 Å². The molecule has 1 saturated carbocycles. The molecule has 1 aliphatic heterocycles. The summed E-state index contributed by atoms with van der Waals surface area (Å²) >= 11 is 0. The molecule has 2 atom stereocenters. The number of esters is 1. The van der Waals surface area contributed by atoms with E-state index in [1.807, 2.05) is 6.08 Å². The molecular formula is C29H22F4N2O3. The van der Waals surface area contributed by atoms with Crippen molar-refractivity contribution in [1.82, 2.24) is 5.01 Å². The standard InChI is InChI=1S/C29H22F4N2O3/c30-20-11-7-17(8-12-20)15-19-3-1-4-22-27(19)34-35(28(22)18-9-13-21(31)14-10-18)25(36)16-38-29(37)26-23(32)5-2-6-24(26)33/h2,5-15,22,28H,1,3-4,16H2. The van der Waals surface area contributed by atoms with Crippen molar-refractivity contribution in [2.24, 2.45) is 11.0 Å². The quantitative estimate of drug-likeness (QED) is 0.295. The van der Waals surface area contributed by atoms with E-state index in [4.69, 9.17) is 4.74 Å². The number of fused-ring (bicyclic) bond motifs is 1. The van der Waals surface area contributed by atoms with Crippen LogP contribution in [-0.4, -0.2) is 29.2 Å². The van der Waals surface area contributed by atoms with Gasteiger partial charge >= 0.3 is 5.97 Å². The highest BCUT2D eigenvalue weighted by Gasteiger charge is 2.44. The molecule has 1 heterocycles. The van der Waals surface area contributed by atoms with Crippen molar-refractivity contribution >= 4 is 23.7 Å². The van der Waals surface area contributed by atoms with E-state index in [1.54, 1.807) is 24.3 Å². The lowest BCUT2D eigenvalue weighted by Gasteiger charge is -2.29. The molecule has 5 nitrogen and oxygen atoms in total. The van der Waals surface area contributed by atoms with Gasteiger partial charge in [0.25, 0.3) is 5.91 Å². The molecule has 3 aromatic carbocycles. The third kappa shape index (κ3) is 5.09. The maximum absolute atomic E-state index is 14.0. The van der Waals surface area contributed by atoms with Gasteiger partial charge in [0.1, 0.15) is 28.8 Å². The number of rotatable bonds is 5. The molecule has 0 aromatic heterocycles. The van der Waals surface area contributed by atoms with Gasteiger partial charge in [0.05, 0.1) is 11.8 Å². The van der Waals surface area contributed by atoms with E-state index in [9.17, 15) is 27.2 Å². The number of halogens is 4. The van der Waals surface area contributed by atoms with Crippen LogP contribution >= 0.6 is 0 Å². The van der Waals surface area contributed by atoms with Crippen LogP contribution in [0.1, 0.15) is 46.8 Å². The summed E-state index contributed by atoms with van der Waals surface area (Å²) in [5, 5.41) is 5.79. The first kappa shape index (κ1) is 25.4. The number of nitrogens with zero attached hydrogens (tertiary/aromatic N) is 2. The van der Waals surface area contributed by atoms with Gasteiger partial charge in [-0.25, -0.2) is 27.4 Å². The number of amides is 1. The van der Waals surface area contributed by atoms with E-state index in [-0.39, 0.29) is 11.7 Å². The molecule has 5 rings (SSSR count). The summed E-state index contributed by atoms with van der Waals surface area (Å²) in [6.45, 7) is -0.801. The van der Waals surface area contributed by atoms with Crippen molar-refractivity contribution < 1.29 is 31.9 Å². The molecule has 2 unspecified atom stereocenters. The minimum absolute atomic E-state index is 0.218. The zero-order valence-corrected chi connectivity index (χ0v) is 20.0. The first-order valence-corrected chi connectivity index (χ1v) is 12.1. The smallest absolute Gasteiger partial charge is 0.344 e. The number of allylic oxidation sites excluding steroid dienone is 1. The molecular weight excluding hydrogens is 500 g/mol. The zero-order valence-electron chi connectivity index (χ0n) is 20.0. The highest BCUT2D eigenvalue weighted by molar-refractivity contribution is 6.08. The average molecular weight is 522 g/mol. The molecule has 0 bridgehead atoms. The van der Waals surface area contributed by atoms with Crippen LogP contribution in [0.15, 0.2) is 77.4 Å². The second-order valence-corrected chi connectivity index (χ2v) is 9.11. The van der Waals surface area contributed by atoms with E-state index in [2.05, 4.69) is 5.10 Å². The molecule has 1 amide bonds. The van der Waals surface area contributed by atoms with E-state index in [0.29, 0.717) is 24.1 Å². The van der Waals surface area contributed by atoms with Gasteiger partial charge in [0.2, 0.25) is 0 Å². The SMILES string of the molecule is O=C(OCC(=O)N1N=C2C(=Cc3ccc(F)cc3)CCCC2C1c1ccc(F)cc1)c1c(F)cccc1F. The minimum Gasteiger partial charge on any atom is -0.452 e. The van der Waals surface area contributed by atoms with Crippen molar-refractivity contribution in [3.05, 3.63) is 112 Å². The second-order valence-electron chi connectivity index (χ2n) is 9.11. The van der Waals surface area contributed by atoms with Gasteiger partial charge in [-0.05, 0) is 78.4 Å². The van der Waals surface area contributed by atoms with Crippen LogP contribution < -0.4 is 0 Å². The Kier molecular flexibility index (Phi) is 7.09. The molecule has 0 spiro atoms. The Morgan fingerprint density at radius 1 is 0.921 bits per heavy atom. The normalized spacial score (nSPS) is 19.7. The molecule has 1 aliphatic carbocycles. The molecule has 0 saturated heterocycles. The van der Waals surface area contributed by atoms with E-state index in [1.165, 1.54) is 29.3 Å². The highest BCUT2D eigenvalue weighted by Crippen LogP contribution is 2.44. The first-order valence-electron chi connectivity index (χ1n) is 12.1. The maximum Gasteiger partial charge on any atom is 0.344 e. The molecule has 9 heteroatoms. The first-order chi connectivity index (χ1) is 18.3. The van der Waals surface area contributed by atoms with Crippen molar-refractivity contribution in [1.29, 1.82) is 0 Å². The summed E-state index contributed by atoms with van der Waals surface area (Å²) in [4.78, 5) is 25.6. The van der Waals surface area contributed by atoms with E-state index >= 15 is 0 Å². The molecule has 1 fully saturated rings. The fourth-order valence-corrected chi connectivity index (χ4v) is 4.92. The van der Waals surface area contributed by atoms with Gasteiger partial charge in [-0.2, -0.15) is 5.10 Å². The highest BCUT2D eigenvalue weighted by atomic mass is 19.1. The zero-order chi connectivity index (χ0) is 26.8. The van der Waals surface area contributed by atoms with E-state index < -0.39 is 47.5 Å². The lowest BCUT2D eigenvalue weighted by Crippen LogP contribution is -2.34. The van der Waals surface area contributed by atoms with E-state index in [0.717, 1.165) is 35.8 Å². The number of ether oxygens (including phenoxy) is 1. The number of carbonyl (C=O) groups excluding carboxylic acids is 2. The predicted octanol–water partition coefficient (Wildman–Crippen LogP) is 6.22. The molecule has 2 aliphatic rings.